The fourth-order valence-corrected chi connectivity index (χ4v) is 2.06. The molecule has 0 fully saturated rings. The van der Waals surface area contributed by atoms with Crippen molar-refractivity contribution in [2.24, 2.45) is 5.10 Å². The van der Waals surface area contributed by atoms with E-state index in [9.17, 15) is 14.9 Å². The third-order valence-corrected chi connectivity index (χ3v) is 3.48. The first-order valence-corrected chi connectivity index (χ1v) is 7.23. The van der Waals surface area contributed by atoms with Crippen LogP contribution < -0.4 is 10.2 Å². The number of hydrazone groups is 1. The zero-order chi connectivity index (χ0) is 17.7. The van der Waals surface area contributed by atoms with E-state index in [0.717, 1.165) is 11.6 Å². The topological polar surface area (TPSA) is 93.8 Å². The summed E-state index contributed by atoms with van der Waals surface area (Å²) in [6, 6.07) is 10.7. The second kappa shape index (κ2) is 7.56. The molecule has 1 amide bonds. The molecule has 0 heterocycles. The van der Waals surface area contributed by atoms with Crippen LogP contribution in [-0.4, -0.2) is 23.7 Å². The summed E-state index contributed by atoms with van der Waals surface area (Å²) in [6.07, 6.45) is 0. The Hall–Kier alpha value is -2.93. The molecule has 0 aliphatic rings. The SMILES string of the molecule is COc1ccc([N+](=O)[O-])cc1C(=O)N/N=C(/C)c1ccc(Cl)cc1. The van der Waals surface area contributed by atoms with E-state index in [4.69, 9.17) is 16.3 Å². The van der Waals surface area contributed by atoms with Crippen LogP contribution in [0.3, 0.4) is 0 Å². The van der Waals surface area contributed by atoms with E-state index < -0.39 is 10.8 Å². The Bertz CT molecular complexity index is 803. The quantitative estimate of drug-likeness (QED) is 0.509. The first-order chi connectivity index (χ1) is 11.4. The molecule has 0 saturated carbocycles. The largest absolute Gasteiger partial charge is 0.496 e. The summed E-state index contributed by atoms with van der Waals surface area (Å²) in [5.74, 6) is -0.388. The molecular weight excluding hydrogens is 334 g/mol. The molecule has 0 aromatic heterocycles. The predicted molar refractivity (Wildman–Crippen MR) is 90.8 cm³/mol. The van der Waals surface area contributed by atoms with Gasteiger partial charge in [-0.1, -0.05) is 23.7 Å². The first-order valence-electron chi connectivity index (χ1n) is 6.85. The van der Waals surface area contributed by atoms with Crippen molar-refractivity contribution in [3.63, 3.8) is 0 Å². The van der Waals surface area contributed by atoms with Crippen molar-refractivity contribution < 1.29 is 14.5 Å². The molecule has 0 aliphatic heterocycles. The van der Waals surface area contributed by atoms with Gasteiger partial charge in [0.1, 0.15) is 5.75 Å². The van der Waals surface area contributed by atoms with E-state index >= 15 is 0 Å². The van der Waals surface area contributed by atoms with E-state index in [1.165, 1.54) is 19.2 Å². The molecule has 0 aliphatic carbocycles. The highest BCUT2D eigenvalue weighted by atomic mass is 35.5. The summed E-state index contributed by atoms with van der Waals surface area (Å²) in [7, 11) is 1.38. The molecule has 2 aromatic carbocycles. The van der Waals surface area contributed by atoms with Crippen molar-refractivity contribution in [1.29, 1.82) is 0 Å². The van der Waals surface area contributed by atoms with Crippen molar-refractivity contribution >= 4 is 28.9 Å². The van der Waals surface area contributed by atoms with Crippen LogP contribution in [-0.2, 0) is 0 Å². The van der Waals surface area contributed by atoms with Crippen molar-refractivity contribution in [2.45, 2.75) is 6.92 Å². The lowest BCUT2D eigenvalue weighted by Crippen LogP contribution is -2.20. The lowest BCUT2D eigenvalue weighted by Gasteiger charge is -2.07. The van der Waals surface area contributed by atoms with Gasteiger partial charge >= 0.3 is 0 Å². The third-order valence-electron chi connectivity index (χ3n) is 3.23. The van der Waals surface area contributed by atoms with Gasteiger partial charge in [0, 0.05) is 17.2 Å². The van der Waals surface area contributed by atoms with Crippen LogP contribution >= 0.6 is 11.6 Å². The molecule has 0 radical (unpaired) electrons. The third kappa shape index (κ3) is 4.08. The number of rotatable bonds is 5. The van der Waals surface area contributed by atoms with Gasteiger partial charge in [0.05, 0.1) is 23.3 Å². The summed E-state index contributed by atoms with van der Waals surface area (Å²) < 4.78 is 5.06. The Balaban J connectivity index is 2.22. The molecule has 8 heteroatoms. The summed E-state index contributed by atoms with van der Waals surface area (Å²) in [5.41, 5.74) is 3.53. The number of nitrogens with zero attached hydrogens (tertiary/aromatic N) is 2. The molecule has 2 aromatic rings. The molecular formula is C16H14ClN3O4. The summed E-state index contributed by atoms with van der Waals surface area (Å²) >= 11 is 5.82. The highest BCUT2D eigenvalue weighted by Crippen LogP contribution is 2.23. The number of carbonyl (C=O) groups excluding carboxylic acids is 1. The van der Waals surface area contributed by atoms with Crippen molar-refractivity contribution in [3.05, 3.63) is 68.7 Å². The Kier molecular flexibility index (Phi) is 5.49. The highest BCUT2D eigenvalue weighted by Gasteiger charge is 2.17. The lowest BCUT2D eigenvalue weighted by molar-refractivity contribution is -0.384. The minimum Gasteiger partial charge on any atom is -0.496 e. The van der Waals surface area contributed by atoms with Gasteiger partial charge in [0.15, 0.2) is 0 Å². The van der Waals surface area contributed by atoms with Crippen molar-refractivity contribution in [1.82, 2.24) is 5.43 Å². The highest BCUT2D eigenvalue weighted by molar-refractivity contribution is 6.30. The van der Waals surface area contributed by atoms with Gasteiger partial charge in [-0.25, -0.2) is 5.43 Å². The number of carbonyl (C=O) groups is 1. The maximum atomic E-state index is 12.2. The summed E-state index contributed by atoms with van der Waals surface area (Å²) in [5, 5.41) is 15.4. The van der Waals surface area contributed by atoms with Crippen LogP contribution in [0.2, 0.25) is 5.02 Å². The Labute approximate surface area is 143 Å². The van der Waals surface area contributed by atoms with Crippen molar-refractivity contribution in [2.75, 3.05) is 7.11 Å². The molecule has 0 unspecified atom stereocenters. The number of hydrogen-bond acceptors (Lipinski definition) is 5. The lowest BCUT2D eigenvalue weighted by atomic mass is 10.1. The van der Waals surface area contributed by atoms with E-state index in [1.54, 1.807) is 31.2 Å². The zero-order valence-electron chi connectivity index (χ0n) is 12.9. The number of hydrogen-bond donors (Lipinski definition) is 1. The predicted octanol–water partition coefficient (Wildman–Crippen LogP) is 3.41. The molecule has 2 rings (SSSR count). The molecule has 1 N–H and O–H groups in total. The Morgan fingerprint density at radius 3 is 2.50 bits per heavy atom. The van der Waals surface area contributed by atoms with E-state index in [0.29, 0.717) is 10.7 Å². The van der Waals surface area contributed by atoms with Crippen molar-refractivity contribution in [3.8, 4) is 5.75 Å². The second-order valence-electron chi connectivity index (χ2n) is 4.79. The van der Waals surface area contributed by atoms with Gasteiger partial charge in [-0.2, -0.15) is 5.10 Å². The van der Waals surface area contributed by atoms with Gasteiger partial charge in [-0.05, 0) is 30.7 Å². The van der Waals surface area contributed by atoms with Crippen LogP contribution in [0.25, 0.3) is 0 Å². The van der Waals surface area contributed by atoms with Crippen LogP contribution in [0.5, 0.6) is 5.75 Å². The van der Waals surface area contributed by atoms with E-state index in [2.05, 4.69) is 10.5 Å². The molecule has 24 heavy (non-hydrogen) atoms. The number of ether oxygens (including phenoxy) is 1. The van der Waals surface area contributed by atoms with Gasteiger partial charge in [-0.3, -0.25) is 14.9 Å². The Morgan fingerprint density at radius 1 is 1.25 bits per heavy atom. The fraction of sp³-hybridized carbons (Fsp3) is 0.125. The number of halogens is 1. The maximum Gasteiger partial charge on any atom is 0.275 e. The average molecular weight is 348 g/mol. The van der Waals surface area contributed by atoms with Crippen LogP contribution in [0, 0.1) is 10.1 Å². The molecule has 0 saturated heterocycles. The molecule has 0 bridgehead atoms. The standard InChI is InChI=1S/C16H14ClN3O4/c1-10(11-3-5-12(17)6-4-11)18-19-16(21)14-9-13(20(22)23)7-8-15(14)24-2/h3-9H,1-2H3,(H,19,21)/b18-10-. The van der Waals surface area contributed by atoms with E-state index in [-0.39, 0.29) is 17.0 Å². The summed E-state index contributed by atoms with van der Waals surface area (Å²) in [4.78, 5) is 22.5. The molecule has 124 valence electrons. The normalized spacial score (nSPS) is 11.0. The number of methoxy groups -OCH3 is 1. The number of nitro groups is 1. The van der Waals surface area contributed by atoms with Gasteiger partial charge < -0.3 is 4.74 Å². The van der Waals surface area contributed by atoms with Gasteiger partial charge in [0.25, 0.3) is 11.6 Å². The number of non-ortho nitro benzene ring substituents is 1. The minimum atomic E-state index is -0.608. The monoisotopic (exact) mass is 347 g/mol. The molecule has 0 atom stereocenters. The van der Waals surface area contributed by atoms with Gasteiger partial charge in [-0.15, -0.1) is 0 Å². The number of amides is 1. The fourth-order valence-electron chi connectivity index (χ4n) is 1.94. The summed E-state index contributed by atoms with van der Waals surface area (Å²) in [6.45, 7) is 1.72. The number of benzene rings is 2. The number of nitrogens with one attached hydrogen (secondary N) is 1. The Morgan fingerprint density at radius 2 is 1.92 bits per heavy atom. The van der Waals surface area contributed by atoms with Crippen LogP contribution in [0.1, 0.15) is 22.8 Å². The van der Waals surface area contributed by atoms with Crippen LogP contribution in [0.4, 0.5) is 5.69 Å². The smallest absolute Gasteiger partial charge is 0.275 e. The average Bonchev–Trinajstić information content (AvgIpc) is 2.59. The minimum absolute atomic E-state index is 0.0272. The second-order valence-corrected chi connectivity index (χ2v) is 5.22. The maximum absolute atomic E-state index is 12.2. The number of nitro benzene ring substituents is 1. The van der Waals surface area contributed by atoms with E-state index in [1.807, 2.05) is 0 Å². The van der Waals surface area contributed by atoms with Gasteiger partial charge in [0.2, 0.25) is 0 Å². The van der Waals surface area contributed by atoms with Crippen LogP contribution in [0.15, 0.2) is 47.6 Å². The first kappa shape index (κ1) is 17.4. The zero-order valence-corrected chi connectivity index (χ0v) is 13.7. The molecule has 0 spiro atoms. The molecule has 7 nitrogen and oxygen atoms in total.